The topological polar surface area (TPSA) is 188 Å². The molecule has 3 aliphatic rings. The van der Waals surface area contributed by atoms with Gasteiger partial charge in [-0.05, 0) is 30.2 Å². The molecule has 0 aliphatic carbocycles. The lowest BCUT2D eigenvalue weighted by atomic mass is 10.1. The molecule has 7 atom stereocenters. The fraction of sp³-hybridized carbons (Fsp3) is 0.500. The second-order valence-electron chi connectivity index (χ2n) is 8.35. The van der Waals surface area contributed by atoms with Gasteiger partial charge in [-0.2, -0.15) is 4.31 Å². The SMILES string of the molecule is CCCOP(=O)(O)OP(=O)(O)OC[C@H]1O[C@@H](N2C=CC3N=C(c4ccc(Br)cc4)CN3C2=O)C(O)[C@H]1O. The van der Waals surface area contributed by atoms with Crippen LogP contribution in [-0.2, 0) is 27.2 Å². The maximum Gasteiger partial charge on any atom is 0.481 e. The molecule has 4 rings (SSSR count). The predicted molar refractivity (Wildman–Crippen MR) is 131 cm³/mol. The molecular weight excluding hydrogens is 600 g/mol. The summed E-state index contributed by atoms with van der Waals surface area (Å²) in [5, 5.41) is 20.9. The minimum absolute atomic E-state index is 0.197. The van der Waals surface area contributed by atoms with Crippen molar-refractivity contribution in [1.82, 2.24) is 9.80 Å². The highest BCUT2D eigenvalue weighted by atomic mass is 79.9. The van der Waals surface area contributed by atoms with E-state index in [0.717, 1.165) is 14.9 Å². The van der Waals surface area contributed by atoms with Crippen LogP contribution in [0.15, 0.2) is 46.0 Å². The Morgan fingerprint density at radius 1 is 1.14 bits per heavy atom. The van der Waals surface area contributed by atoms with Gasteiger partial charge in [-0.3, -0.25) is 23.8 Å². The van der Waals surface area contributed by atoms with Crippen LogP contribution in [0.2, 0.25) is 0 Å². The van der Waals surface area contributed by atoms with Crippen LogP contribution in [0.5, 0.6) is 0 Å². The average Bonchev–Trinajstić information content (AvgIpc) is 3.39. The highest BCUT2D eigenvalue weighted by molar-refractivity contribution is 9.10. The number of aliphatic imine (C=N–C) groups is 1. The summed E-state index contributed by atoms with van der Waals surface area (Å²) in [5.41, 5.74) is 1.54. The van der Waals surface area contributed by atoms with Gasteiger partial charge in [-0.25, -0.2) is 13.9 Å². The van der Waals surface area contributed by atoms with Crippen molar-refractivity contribution < 1.29 is 52.0 Å². The number of hydrogen-bond donors (Lipinski definition) is 4. The van der Waals surface area contributed by atoms with E-state index in [1.54, 1.807) is 13.0 Å². The highest BCUT2D eigenvalue weighted by Crippen LogP contribution is 2.60. The van der Waals surface area contributed by atoms with E-state index in [0.29, 0.717) is 12.1 Å². The number of carbonyl (C=O) groups excluding carboxylic acids is 1. The van der Waals surface area contributed by atoms with E-state index >= 15 is 0 Å². The zero-order valence-corrected chi connectivity index (χ0v) is 22.8. The lowest BCUT2D eigenvalue weighted by molar-refractivity contribution is -0.0698. The Hall–Kier alpha value is -1.48. The zero-order chi connectivity index (χ0) is 27.0. The largest absolute Gasteiger partial charge is 0.481 e. The van der Waals surface area contributed by atoms with Gasteiger partial charge in [0.25, 0.3) is 0 Å². The number of fused-ring (bicyclic) bond motifs is 1. The van der Waals surface area contributed by atoms with Crippen molar-refractivity contribution in [2.75, 3.05) is 19.8 Å². The first-order valence-electron chi connectivity index (χ1n) is 11.2. The third-order valence-corrected chi connectivity index (χ3v) is 8.83. The number of rotatable bonds is 10. The number of nitrogens with zero attached hydrogens (tertiary/aromatic N) is 3. The Bertz CT molecular complexity index is 1170. The molecular formula is C20H26BrN3O11P2. The average molecular weight is 626 g/mol. The number of amides is 2. The van der Waals surface area contributed by atoms with Crippen LogP contribution in [0.4, 0.5) is 4.79 Å². The molecule has 14 nitrogen and oxygen atoms in total. The number of aliphatic hydroxyl groups excluding tert-OH is 2. The Balaban J connectivity index is 1.37. The van der Waals surface area contributed by atoms with Gasteiger partial charge in [-0.15, -0.1) is 0 Å². The third kappa shape index (κ3) is 6.57. The quantitative estimate of drug-likeness (QED) is 0.278. The summed E-state index contributed by atoms with van der Waals surface area (Å²) in [5.74, 6) is 0. The van der Waals surface area contributed by atoms with Crippen molar-refractivity contribution in [3.05, 3.63) is 46.6 Å². The van der Waals surface area contributed by atoms with Crippen LogP contribution < -0.4 is 0 Å². The van der Waals surface area contributed by atoms with E-state index in [1.807, 2.05) is 24.3 Å². The molecule has 3 heterocycles. The summed E-state index contributed by atoms with van der Waals surface area (Å²) in [6, 6.07) is 6.92. The number of phosphoric ester groups is 2. The first-order chi connectivity index (χ1) is 17.4. The smallest absolute Gasteiger partial charge is 0.387 e. The van der Waals surface area contributed by atoms with Gasteiger partial charge in [-0.1, -0.05) is 35.0 Å². The number of halogens is 1. The molecule has 0 radical (unpaired) electrons. The maximum atomic E-state index is 13.2. The van der Waals surface area contributed by atoms with Gasteiger partial charge in [0.05, 0.1) is 25.5 Å². The van der Waals surface area contributed by atoms with Crippen LogP contribution in [0.3, 0.4) is 0 Å². The minimum Gasteiger partial charge on any atom is -0.387 e. The number of carbonyl (C=O) groups is 1. The summed E-state index contributed by atoms with van der Waals surface area (Å²) in [6.07, 6.45) is -3.11. The monoisotopic (exact) mass is 625 g/mol. The summed E-state index contributed by atoms with van der Waals surface area (Å²) < 4.78 is 43.6. The van der Waals surface area contributed by atoms with Crippen LogP contribution in [0.1, 0.15) is 18.9 Å². The Morgan fingerprint density at radius 2 is 1.81 bits per heavy atom. The van der Waals surface area contributed by atoms with Gasteiger partial charge in [0.2, 0.25) is 0 Å². The molecule has 0 bridgehead atoms. The molecule has 0 saturated carbocycles. The van der Waals surface area contributed by atoms with Crippen LogP contribution >= 0.6 is 31.6 Å². The second-order valence-corrected chi connectivity index (χ2v) is 12.3. The third-order valence-electron chi connectivity index (χ3n) is 5.67. The first kappa shape index (κ1) is 28.5. The summed E-state index contributed by atoms with van der Waals surface area (Å²) >= 11 is 3.37. The summed E-state index contributed by atoms with van der Waals surface area (Å²) in [6.45, 7) is 0.856. The molecule has 1 aromatic rings. The Morgan fingerprint density at radius 3 is 2.49 bits per heavy atom. The van der Waals surface area contributed by atoms with Gasteiger partial charge in [0.1, 0.15) is 24.5 Å². The fourth-order valence-corrected chi connectivity index (χ4v) is 6.32. The summed E-state index contributed by atoms with van der Waals surface area (Å²) in [4.78, 5) is 39.5. The maximum absolute atomic E-state index is 13.2. The number of hydrogen-bond acceptors (Lipinski definition) is 10. The van der Waals surface area contributed by atoms with Crippen molar-refractivity contribution in [3.8, 4) is 0 Å². The van der Waals surface area contributed by atoms with Crippen molar-refractivity contribution in [2.24, 2.45) is 4.99 Å². The molecule has 4 N–H and O–H groups in total. The molecule has 204 valence electrons. The lowest BCUT2D eigenvalue weighted by Crippen LogP contribution is -2.53. The van der Waals surface area contributed by atoms with Crippen LogP contribution in [0.25, 0.3) is 0 Å². The van der Waals surface area contributed by atoms with Gasteiger partial charge in [0.15, 0.2) is 6.23 Å². The predicted octanol–water partition coefficient (Wildman–Crippen LogP) is 1.94. The van der Waals surface area contributed by atoms with E-state index in [4.69, 9.17) is 4.74 Å². The number of aliphatic hydroxyl groups is 2. The molecule has 4 unspecified atom stereocenters. The fourth-order valence-electron chi connectivity index (χ4n) is 3.88. The van der Waals surface area contributed by atoms with E-state index in [1.165, 1.54) is 11.1 Å². The van der Waals surface area contributed by atoms with Gasteiger partial charge >= 0.3 is 21.7 Å². The molecule has 0 spiro atoms. The van der Waals surface area contributed by atoms with Gasteiger partial charge < -0.3 is 24.7 Å². The normalized spacial score (nSPS) is 30.7. The van der Waals surface area contributed by atoms with Crippen LogP contribution in [0, 0.1) is 0 Å². The summed E-state index contributed by atoms with van der Waals surface area (Å²) in [7, 11) is -9.98. The lowest BCUT2D eigenvalue weighted by Gasteiger charge is -2.35. The van der Waals surface area contributed by atoms with Crippen molar-refractivity contribution in [1.29, 1.82) is 0 Å². The van der Waals surface area contributed by atoms with Crippen molar-refractivity contribution in [3.63, 3.8) is 0 Å². The molecule has 1 saturated heterocycles. The number of benzene rings is 1. The number of phosphoric acid groups is 2. The zero-order valence-electron chi connectivity index (χ0n) is 19.4. The molecule has 1 aromatic carbocycles. The Labute approximate surface area is 220 Å². The highest BCUT2D eigenvalue weighted by Gasteiger charge is 2.50. The van der Waals surface area contributed by atoms with Crippen molar-refractivity contribution >= 4 is 43.3 Å². The molecule has 0 aromatic heterocycles. The molecule has 37 heavy (non-hydrogen) atoms. The van der Waals surface area contributed by atoms with E-state index in [-0.39, 0.29) is 13.2 Å². The minimum atomic E-state index is -5.10. The van der Waals surface area contributed by atoms with E-state index in [9.17, 15) is 33.9 Å². The van der Waals surface area contributed by atoms with E-state index < -0.39 is 59.0 Å². The molecule has 1 fully saturated rings. The second kappa shape index (κ2) is 11.3. The molecule has 17 heteroatoms. The number of urea groups is 1. The van der Waals surface area contributed by atoms with Crippen molar-refractivity contribution in [2.45, 2.75) is 44.1 Å². The van der Waals surface area contributed by atoms with Crippen LogP contribution in [-0.4, -0.2) is 92.0 Å². The Kier molecular flexibility index (Phi) is 8.73. The van der Waals surface area contributed by atoms with Gasteiger partial charge in [0, 0.05) is 10.7 Å². The molecule has 2 amide bonds. The first-order valence-corrected chi connectivity index (χ1v) is 15.0. The standard InChI is InChI=1S/C20H26BrN3O11P2/c1-2-9-32-36(28,29)35-37(30,31)33-11-15-17(25)18(26)19(34-15)23-8-7-16-22-14(10-24(16)20(23)27)12-3-5-13(21)6-4-12/h3-8,15-19,25-26H,2,9-11H2,1H3,(H,28,29)(H,30,31)/t15-,16?,17+,18?,19-/m1/s1. The molecule has 3 aliphatic heterocycles. The van der Waals surface area contributed by atoms with E-state index in [2.05, 4.69) is 34.3 Å². The number of ether oxygens (including phenoxy) is 1.